The molecule has 2 rings (SSSR count). The van der Waals surface area contributed by atoms with Crippen LogP contribution in [0.15, 0.2) is 59.5 Å². The van der Waals surface area contributed by atoms with Gasteiger partial charge < -0.3 is 9.04 Å². The van der Waals surface area contributed by atoms with E-state index in [4.69, 9.17) is 0 Å². The van der Waals surface area contributed by atoms with Crippen LogP contribution in [0.5, 0.6) is 0 Å². The Labute approximate surface area is 311 Å². The highest BCUT2D eigenvalue weighted by molar-refractivity contribution is 7.85. The van der Waals surface area contributed by atoms with Crippen LogP contribution in [-0.4, -0.2) is 38.1 Å². The first kappa shape index (κ1) is 46.3. The standard InChI is InChI=1S/C27H50N.C18H30O3S/c1-4-5-6-7-8-9-10-11-12-13-14-15-16-17-18-22-25-28(2,3)26-27-23-20-19-21-24-27;1-2-3-4-5-6-7-8-9-10-11-14-17-15-12-13-16-18(17)22(19,20)21/h19-21,23-24H,4-18,22,25-26H2,1-3H3;12-13,15-16H,2-11,14H2,1H3,(H,19,20,21)/q+1;/p-1. The van der Waals surface area contributed by atoms with Gasteiger partial charge >= 0.3 is 0 Å². The van der Waals surface area contributed by atoms with Crippen molar-refractivity contribution < 1.29 is 17.5 Å². The van der Waals surface area contributed by atoms with E-state index in [2.05, 4.69) is 58.3 Å². The molecule has 0 amide bonds. The first-order chi connectivity index (χ1) is 24.2. The van der Waals surface area contributed by atoms with E-state index >= 15 is 0 Å². The average molecular weight is 714 g/mol. The molecule has 0 aliphatic heterocycles. The third-order valence-electron chi connectivity index (χ3n) is 10.1. The summed E-state index contributed by atoms with van der Waals surface area (Å²) in [7, 11) is 0.400. The molecule has 0 aromatic heterocycles. The van der Waals surface area contributed by atoms with E-state index < -0.39 is 10.1 Å². The Morgan fingerprint density at radius 1 is 0.480 bits per heavy atom. The van der Waals surface area contributed by atoms with Crippen molar-refractivity contribution in [3.63, 3.8) is 0 Å². The molecule has 0 fully saturated rings. The van der Waals surface area contributed by atoms with Crippen molar-refractivity contribution in [3.8, 4) is 0 Å². The minimum Gasteiger partial charge on any atom is -0.744 e. The van der Waals surface area contributed by atoms with Crippen LogP contribution in [0.4, 0.5) is 0 Å². The summed E-state index contributed by atoms with van der Waals surface area (Å²) >= 11 is 0. The maximum atomic E-state index is 11.2. The molecule has 4 nitrogen and oxygen atoms in total. The van der Waals surface area contributed by atoms with Gasteiger partial charge in [0.1, 0.15) is 16.7 Å². The van der Waals surface area contributed by atoms with Gasteiger partial charge in [-0.15, -0.1) is 0 Å². The molecule has 0 aliphatic rings. The Kier molecular flexibility index (Phi) is 28.6. The molecule has 0 spiro atoms. The third-order valence-corrected chi connectivity index (χ3v) is 11.0. The fourth-order valence-electron chi connectivity index (χ4n) is 7.00. The number of benzene rings is 2. The first-order valence-corrected chi connectivity index (χ1v) is 22.5. The molecule has 0 atom stereocenters. The molecule has 0 radical (unpaired) electrons. The predicted octanol–water partition coefficient (Wildman–Crippen LogP) is 13.6. The smallest absolute Gasteiger partial charge is 0.124 e. The fourth-order valence-corrected chi connectivity index (χ4v) is 7.74. The molecular weight excluding hydrogens is 635 g/mol. The van der Waals surface area contributed by atoms with Gasteiger partial charge in [-0.05, 0) is 37.3 Å². The van der Waals surface area contributed by atoms with Gasteiger partial charge in [-0.2, -0.15) is 0 Å². The monoisotopic (exact) mass is 714 g/mol. The predicted molar refractivity (Wildman–Crippen MR) is 217 cm³/mol. The summed E-state index contributed by atoms with van der Waals surface area (Å²) in [4.78, 5) is -0.0501. The van der Waals surface area contributed by atoms with Crippen LogP contribution >= 0.6 is 0 Å². The Balaban J connectivity index is 0.000000515. The molecule has 0 bridgehead atoms. The second kappa shape index (κ2) is 30.9. The summed E-state index contributed by atoms with van der Waals surface area (Å²) in [5.41, 5.74) is 2.13. The summed E-state index contributed by atoms with van der Waals surface area (Å²) < 4.78 is 34.7. The molecule has 2 aromatic carbocycles. The lowest BCUT2D eigenvalue weighted by Gasteiger charge is -2.30. The molecule has 0 aliphatic carbocycles. The summed E-state index contributed by atoms with van der Waals surface area (Å²) in [6.07, 6.45) is 36.3. The summed E-state index contributed by atoms with van der Waals surface area (Å²) in [6.45, 7) is 6.98. The van der Waals surface area contributed by atoms with Gasteiger partial charge in [-0.3, -0.25) is 0 Å². The van der Waals surface area contributed by atoms with Gasteiger partial charge in [0.15, 0.2) is 0 Å². The van der Waals surface area contributed by atoms with Gasteiger partial charge in [0, 0.05) is 5.56 Å². The lowest BCUT2D eigenvalue weighted by molar-refractivity contribution is -0.903. The largest absolute Gasteiger partial charge is 0.744 e. The van der Waals surface area contributed by atoms with E-state index in [-0.39, 0.29) is 4.90 Å². The molecule has 0 unspecified atom stereocenters. The quantitative estimate of drug-likeness (QED) is 0.0444. The zero-order chi connectivity index (χ0) is 36.6. The molecule has 50 heavy (non-hydrogen) atoms. The van der Waals surface area contributed by atoms with Crippen molar-refractivity contribution >= 4 is 10.1 Å². The number of hydrogen-bond acceptors (Lipinski definition) is 3. The van der Waals surface area contributed by atoms with Crippen LogP contribution in [0, 0.1) is 0 Å². The maximum Gasteiger partial charge on any atom is 0.124 e. The molecule has 0 N–H and O–H groups in total. The molecule has 0 heterocycles. The van der Waals surface area contributed by atoms with Gasteiger partial charge in [0.2, 0.25) is 0 Å². The number of unbranched alkanes of at least 4 members (excludes halogenated alkanes) is 24. The van der Waals surface area contributed by atoms with Crippen LogP contribution < -0.4 is 0 Å². The summed E-state index contributed by atoms with van der Waals surface area (Å²) in [5.74, 6) is 0. The van der Waals surface area contributed by atoms with Crippen molar-refractivity contribution in [2.75, 3.05) is 20.6 Å². The van der Waals surface area contributed by atoms with Gasteiger partial charge in [0.25, 0.3) is 0 Å². The van der Waals surface area contributed by atoms with Crippen molar-refractivity contribution in [1.29, 1.82) is 0 Å². The van der Waals surface area contributed by atoms with Crippen LogP contribution in [0.1, 0.15) is 192 Å². The van der Waals surface area contributed by atoms with E-state index in [1.807, 2.05) is 0 Å². The van der Waals surface area contributed by atoms with Crippen molar-refractivity contribution in [3.05, 3.63) is 65.7 Å². The van der Waals surface area contributed by atoms with Crippen LogP contribution in [0.3, 0.4) is 0 Å². The Bertz CT molecular complexity index is 1130. The van der Waals surface area contributed by atoms with Gasteiger partial charge in [0.05, 0.1) is 25.5 Å². The number of aryl methyl sites for hydroxylation is 1. The van der Waals surface area contributed by atoms with Gasteiger partial charge in [-0.1, -0.05) is 210 Å². The number of rotatable bonds is 31. The van der Waals surface area contributed by atoms with Crippen molar-refractivity contribution in [2.45, 2.75) is 199 Å². The zero-order valence-corrected chi connectivity index (χ0v) is 34.1. The molecule has 0 saturated heterocycles. The lowest BCUT2D eigenvalue weighted by Crippen LogP contribution is -2.39. The molecule has 288 valence electrons. The molecule has 2 aromatic rings. The SMILES string of the molecule is CCCCCCCCCCCCCCCCCC[N+](C)(C)Cc1ccccc1.CCCCCCCCCCCCc1ccccc1S(=O)(=O)[O-]. The lowest BCUT2D eigenvalue weighted by atomic mass is 10.0. The van der Waals surface area contributed by atoms with E-state index in [1.54, 1.807) is 18.2 Å². The summed E-state index contributed by atoms with van der Waals surface area (Å²) in [6, 6.07) is 17.5. The Hall–Kier alpha value is -1.69. The van der Waals surface area contributed by atoms with Crippen molar-refractivity contribution in [2.24, 2.45) is 0 Å². The second-order valence-corrected chi connectivity index (χ2v) is 16.9. The normalized spacial score (nSPS) is 11.8. The Morgan fingerprint density at radius 2 is 0.840 bits per heavy atom. The third kappa shape index (κ3) is 27.0. The summed E-state index contributed by atoms with van der Waals surface area (Å²) in [5, 5.41) is 0. The number of hydrogen-bond donors (Lipinski definition) is 0. The van der Waals surface area contributed by atoms with Crippen LogP contribution in [-0.2, 0) is 23.1 Å². The van der Waals surface area contributed by atoms with E-state index in [1.165, 1.54) is 172 Å². The minimum atomic E-state index is -4.35. The highest BCUT2D eigenvalue weighted by Gasteiger charge is 2.15. The van der Waals surface area contributed by atoms with Gasteiger partial charge in [-0.25, -0.2) is 8.42 Å². The van der Waals surface area contributed by atoms with E-state index in [0.29, 0.717) is 12.0 Å². The molecule has 0 saturated carbocycles. The Morgan fingerprint density at radius 3 is 1.26 bits per heavy atom. The highest BCUT2D eigenvalue weighted by atomic mass is 32.2. The van der Waals surface area contributed by atoms with E-state index in [0.717, 1.165) is 23.9 Å². The maximum absolute atomic E-state index is 11.2. The zero-order valence-electron chi connectivity index (χ0n) is 33.3. The van der Waals surface area contributed by atoms with Crippen molar-refractivity contribution in [1.82, 2.24) is 0 Å². The van der Waals surface area contributed by atoms with Crippen LogP contribution in [0.25, 0.3) is 0 Å². The molecule has 5 heteroatoms. The fraction of sp³-hybridized carbons (Fsp3) is 0.733. The number of quaternary nitrogens is 1. The minimum absolute atomic E-state index is 0.0501. The topological polar surface area (TPSA) is 57.2 Å². The number of nitrogens with zero attached hydrogens (tertiary/aromatic N) is 1. The average Bonchev–Trinajstić information content (AvgIpc) is 3.09. The van der Waals surface area contributed by atoms with E-state index in [9.17, 15) is 13.0 Å². The second-order valence-electron chi connectivity index (χ2n) is 15.6. The highest BCUT2D eigenvalue weighted by Crippen LogP contribution is 2.19. The van der Waals surface area contributed by atoms with Crippen LogP contribution in [0.2, 0.25) is 0 Å². The first-order valence-electron chi connectivity index (χ1n) is 21.1. The molecular formula is C45H79NO3S.